The molecular weight excluding hydrogens is 334 g/mol. The van der Waals surface area contributed by atoms with E-state index in [0.29, 0.717) is 27.9 Å². The first-order valence-corrected chi connectivity index (χ1v) is 8.16. The number of H-pyrrole nitrogens is 1. The molecule has 0 saturated carbocycles. The molecule has 0 spiro atoms. The summed E-state index contributed by atoms with van der Waals surface area (Å²) in [7, 11) is 0. The molecule has 2 rings (SSSR count). The van der Waals surface area contributed by atoms with Crippen LogP contribution < -0.4 is 0 Å². The van der Waals surface area contributed by atoms with Crippen molar-refractivity contribution in [3.8, 4) is 0 Å². The summed E-state index contributed by atoms with van der Waals surface area (Å²) in [5.74, 6) is -0.332. The fraction of sp³-hybridized carbons (Fsp3) is 0.533. The third-order valence-electron chi connectivity index (χ3n) is 3.31. The van der Waals surface area contributed by atoms with Crippen LogP contribution in [0.2, 0.25) is 0 Å². The number of rotatable bonds is 7. The fourth-order valence-corrected chi connectivity index (χ4v) is 2.60. The van der Waals surface area contributed by atoms with Crippen LogP contribution in [0.25, 0.3) is 11.2 Å². The summed E-state index contributed by atoms with van der Waals surface area (Å²) < 4.78 is 5.77. The number of carbonyl (C=O) groups excluding carboxylic acids is 1. The first-order valence-electron chi connectivity index (χ1n) is 7.37. The molecule has 2 aromatic heterocycles. The van der Waals surface area contributed by atoms with E-state index in [-0.39, 0.29) is 5.97 Å². The van der Waals surface area contributed by atoms with E-state index in [2.05, 4.69) is 37.8 Å². The van der Waals surface area contributed by atoms with Crippen molar-refractivity contribution in [2.45, 2.75) is 46.0 Å². The molecular formula is C15H20BrN3O2. The second-order valence-corrected chi connectivity index (χ2v) is 5.71. The summed E-state index contributed by atoms with van der Waals surface area (Å²) in [6.07, 6.45) is 7.01. The number of unbranched alkanes of at least 4 members (excludes halogenated alkanes) is 3. The average Bonchev–Trinajstić information content (AvgIpc) is 2.81. The Morgan fingerprint density at radius 2 is 2.14 bits per heavy atom. The lowest BCUT2D eigenvalue weighted by molar-refractivity contribution is 0.0527. The van der Waals surface area contributed by atoms with Crippen molar-refractivity contribution < 1.29 is 9.53 Å². The Morgan fingerprint density at radius 3 is 2.86 bits per heavy atom. The normalized spacial score (nSPS) is 11.0. The number of nitrogens with zero attached hydrogens (tertiary/aromatic N) is 2. The number of aromatic nitrogens is 3. The number of halogens is 1. The summed E-state index contributed by atoms with van der Waals surface area (Å²) in [5, 5.41) is 0. The van der Waals surface area contributed by atoms with Crippen molar-refractivity contribution in [2.24, 2.45) is 0 Å². The molecule has 0 atom stereocenters. The van der Waals surface area contributed by atoms with E-state index in [1.807, 2.05) is 0 Å². The number of hydrogen-bond donors (Lipinski definition) is 1. The Balaban J connectivity index is 2.33. The second kappa shape index (κ2) is 7.54. The Hall–Kier alpha value is -1.43. The van der Waals surface area contributed by atoms with E-state index in [4.69, 9.17) is 4.74 Å². The van der Waals surface area contributed by atoms with Gasteiger partial charge < -0.3 is 9.72 Å². The Kier molecular flexibility index (Phi) is 5.73. The summed E-state index contributed by atoms with van der Waals surface area (Å²) >= 11 is 3.30. The van der Waals surface area contributed by atoms with Crippen LogP contribution in [0, 0.1) is 0 Å². The van der Waals surface area contributed by atoms with Crippen molar-refractivity contribution in [3.05, 3.63) is 22.1 Å². The van der Waals surface area contributed by atoms with Gasteiger partial charge >= 0.3 is 5.97 Å². The van der Waals surface area contributed by atoms with Crippen LogP contribution in [0.4, 0.5) is 0 Å². The van der Waals surface area contributed by atoms with Crippen LogP contribution in [0.15, 0.2) is 10.8 Å². The molecule has 0 aromatic carbocycles. The molecule has 5 nitrogen and oxygen atoms in total. The second-order valence-electron chi connectivity index (χ2n) is 4.90. The van der Waals surface area contributed by atoms with E-state index in [1.54, 1.807) is 13.1 Å². The molecule has 2 aromatic rings. The summed E-state index contributed by atoms with van der Waals surface area (Å²) in [4.78, 5) is 24.1. The highest BCUT2D eigenvalue weighted by molar-refractivity contribution is 9.10. The lowest BCUT2D eigenvalue weighted by atomic mass is 10.1. The topological polar surface area (TPSA) is 67.9 Å². The third-order valence-corrected chi connectivity index (χ3v) is 3.69. The largest absolute Gasteiger partial charge is 0.462 e. The minimum Gasteiger partial charge on any atom is -0.462 e. The number of aromatic amines is 1. The number of ether oxygens (including phenoxy) is 1. The lowest BCUT2D eigenvalue weighted by Gasteiger charge is -2.04. The van der Waals surface area contributed by atoms with Crippen LogP contribution in [0.5, 0.6) is 0 Å². The summed E-state index contributed by atoms with van der Waals surface area (Å²) in [5.41, 5.74) is 2.61. The van der Waals surface area contributed by atoms with E-state index in [9.17, 15) is 4.79 Å². The highest BCUT2D eigenvalue weighted by Gasteiger charge is 2.21. The van der Waals surface area contributed by atoms with Crippen molar-refractivity contribution in [1.82, 2.24) is 15.0 Å². The SMILES string of the molecule is CCCCCCc1[nH]c2ncc(Br)nc2c1C(=O)OCC. The van der Waals surface area contributed by atoms with Gasteiger partial charge in [-0.05, 0) is 35.7 Å². The molecule has 114 valence electrons. The van der Waals surface area contributed by atoms with Crippen LogP contribution in [-0.4, -0.2) is 27.5 Å². The van der Waals surface area contributed by atoms with Gasteiger partial charge in [-0.3, -0.25) is 0 Å². The van der Waals surface area contributed by atoms with Gasteiger partial charge in [0, 0.05) is 5.69 Å². The van der Waals surface area contributed by atoms with E-state index < -0.39 is 0 Å². The molecule has 0 aliphatic rings. The monoisotopic (exact) mass is 353 g/mol. The van der Waals surface area contributed by atoms with Gasteiger partial charge in [0.15, 0.2) is 5.65 Å². The van der Waals surface area contributed by atoms with Gasteiger partial charge in [0.1, 0.15) is 15.7 Å². The average molecular weight is 354 g/mol. The zero-order valence-electron chi connectivity index (χ0n) is 12.4. The lowest BCUT2D eigenvalue weighted by Crippen LogP contribution is -2.07. The highest BCUT2D eigenvalue weighted by atomic mass is 79.9. The first-order chi connectivity index (χ1) is 10.2. The van der Waals surface area contributed by atoms with Crippen molar-refractivity contribution in [1.29, 1.82) is 0 Å². The van der Waals surface area contributed by atoms with E-state index in [0.717, 1.165) is 25.0 Å². The van der Waals surface area contributed by atoms with E-state index >= 15 is 0 Å². The minimum absolute atomic E-state index is 0.332. The predicted octanol–water partition coefficient (Wildman–Crippen LogP) is 4.02. The highest BCUT2D eigenvalue weighted by Crippen LogP contribution is 2.23. The molecule has 0 aliphatic heterocycles. The maximum absolute atomic E-state index is 12.2. The molecule has 2 heterocycles. The van der Waals surface area contributed by atoms with Gasteiger partial charge in [0.2, 0.25) is 0 Å². The quantitative estimate of drug-likeness (QED) is 0.602. The molecule has 0 unspecified atom stereocenters. The Bertz CT molecular complexity index is 625. The number of fused-ring (bicyclic) bond motifs is 1. The molecule has 0 radical (unpaired) electrons. The third kappa shape index (κ3) is 3.81. The van der Waals surface area contributed by atoms with Crippen LogP contribution >= 0.6 is 15.9 Å². The van der Waals surface area contributed by atoms with Crippen LogP contribution in [-0.2, 0) is 11.2 Å². The standard InChI is InChI=1S/C15H20BrN3O2/c1-3-5-6-7-8-10-12(15(20)21-4-2)13-14(18-10)17-9-11(16)19-13/h9H,3-8H2,1-2H3,(H,17,18). The van der Waals surface area contributed by atoms with Gasteiger partial charge in [-0.25, -0.2) is 14.8 Å². The molecule has 1 N–H and O–H groups in total. The molecule has 0 fully saturated rings. The van der Waals surface area contributed by atoms with E-state index in [1.165, 1.54) is 12.8 Å². The maximum atomic E-state index is 12.2. The number of esters is 1. The zero-order chi connectivity index (χ0) is 15.2. The molecule has 0 bridgehead atoms. The molecule has 0 saturated heterocycles. The van der Waals surface area contributed by atoms with Gasteiger partial charge in [-0.1, -0.05) is 26.2 Å². The molecule has 0 amide bonds. The van der Waals surface area contributed by atoms with Gasteiger partial charge in [-0.15, -0.1) is 0 Å². The smallest absolute Gasteiger partial charge is 0.342 e. The number of nitrogens with one attached hydrogen (secondary N) is 1. The maximum Gasteiger partial charge on any atom is 0.342 e. The Labute approximate surface area is 132 Å². The van der Waals surface area contributed by atoms with Gasteiger partial charge in [-0.2, -0.15) is 0 Å². The van der Waals surface area contributed by atoms with Crippen molar-refractivity contribution >= 4 is 33.1 Å². The van der Waals surface area contributed by atoms with Crippen molar-refractivity contribution in [3.63, 3.8) is 0 Å². The molecule has 21 heavy (non-hydrogen) atoms. The number of hydrogen-bond acceptors (Lipinski definition) is 4. The van der Waals surface area contributed by atoms with Crippen LogP contribution in [0.1, 0.15) is 55.6 Å². The van der Waals surface area contributed by atoms with Crippen LogP contribution in [0.3, 0.4) is 0 Å². The van der Waals surface area contributed by atoms with Gasteiger partial charge in [0.25, 0.3) is 0 Å². The molecule has 0 aliphatic carbocycles. The van der Waals surface area contributed by atoms with Gasteiger partial charge in [0.05, 0.1) is 12.8 Å². The Morgan fingerprint density at radius 1 is 1.33 bits per heavy atom. The number of carbonyl (C=O) groups is 1. The summed E-state index contributed by atoms with van der Waals surface area (Å²) in [6.45, 7) is 4.33. The minimum atomic E-state index is -0.332. The number of aryl methyl sites for hydroxylation is 1. The summed E-state index contributed by atoms with van der Waals surface area (Å²) in [6, 6.07) is 0. The van der Waals surface area contributed by atoms with Crippen molar-refractivity contribution in [2.75, 3.05) is 6.61 Å². The molecule has 6 heteroatoms. The predicted molar refractivity (Wildman–Crippen MR) is 85.4 cm³/mol. The fourth-order valence-electron chi connectivity index (χ4n) is 2.32. The first kappa shape index (κ1) is 15.9. The zero-order valence-corrected chi connectivity index (χ0v) is 14.0.